The van der Waals surface area contributed by atoms with Gasteiger partial charge >= 0.3 is 11.9 Å². The maximum Gasteiger partial charge on any atom is 0.317 e. The van der Waals surface area contributed by atoms with Crippen LogP contribution in [0.15, 0.2) is 12.7 Å². The number of hydrogen-bond donors (Lipinski definition) is 1. The number of cyclic esters (lactones) is 2. The number of carbonyl (C=O) groups is 2. The van der Waals surface area contributed by atoms with Gasteiger partial charge in [-0.1, -0.05) is 6.08 Å². The molecule has 0 aromatic carbocycles. The summed E-state index contributed by atoms with van der Waals surface area (Å²) >= 11 is 0. The molecule has 1 aliphatic heterocycles. The highest BCUT2D eigenvalue weighted by Crippen LogP contribution is 2.18. The van der Waals surface area contributed by atoms with E-state index in [9.17, 15) is 9.59 Å². The topological polar surface area (TPSA) is 63.6 Å². The highest BCUT2D eigenvalue weighted by Gasteiger charge is 2.31. The molecule has 0 aromatic rings. The van der Waals surface area contributed by atoms with E-state index in [1.165, 1.54) is 0 Å². The minimum Gasteiger partial charge on any atom is -0.397 e. The second-order valence-corrected chi connectivity index (χ2v) is 2.53. The van der Waals surface area contributed by atoms with Crippen molar-refractivity contribution < 1.29 is 19.4 Å². The number of allylic oxidation sites excluding steroid dienone is 1. The Balaban J connectivity index is 0.000000424. The highest BCUT2D eigenvalue weighted by molar-refractivity contribution is 5.94. The SMILES string of the molecule is C=CCC1CC(=O)OC1=O.CCO. The molecule has 0 aromatic heterocycles. The molecular weight excluding hydrogens is 172 g/mol. The second kappa shape index (κ2) is 6.37. The smallest absolute Gasteiger partial charge is 0.317 e. The van der Waals surface area contributed by atoms with Crippen molar-refractivity contribution >= 4 is 11.9 Å². The summed E-state index contributed by atoms with van der Waals surface area (Å²) in [7, 11) is 0. The van der Waals surface area contributed by atoms with Gasteiger partial charge in [0.05, 0.1) is 12.3 Å². The van der Waals surface area contributed by atoms with Crippen LogP contribution in [0.2, 0.25) is 0 Å². The fourth-order valence-electron chi connectivity index (χ4n) is 0.902. The van der Waals surface area contributed by atoms with E-state index in [0.717, 1.165) is 0 Å². The van der Waals surface area contributed by atoms with Crippen LogP contribution in [-0.4, -0.2) is 23.7 Å². The fourth-order valence-corrected chi connectivity index (χ4v) is 0.902. The Morgan fingerprint density at radius 1 is 1.69 bits per heavy atom. The molecule has 1 unspecified atom stereocenters. The van der Waals surface area contributed by atoms with Crippen LogP contribution in [0.4, 0.5) is 0 Å². The molecule has 0 bridgehead atoms. The van der Waals surface area contributed by atoms with Gasteiger partial charge in [-0.3, -0.25) is 9.59 Å². The third-order valence-corrected chi connectivity index (χ3v) is 1.41. The molecule has 4 nitrogen and oxygen atoms in total. The number of aliphatic hydroxyl groups excluding tert-OH is 1. The summed E-state index contributed by atoms with van der Waals surface area (Å²) in [6.45, 7) is 5.40. The predicted molar refractivity (Wildman–Crippen MR) is 46.8 cm³/mol. The van der Waals surface area contributed by atoms with Crippen LogP contribution in [0.25, 0.3) is 0 Å². The lowest BCUT2D eigenvalue weighted by Crippen LogP contribution is -2.05. The van der Waals surface area contributed by atoms with Gasteiger partial charge in [0.25, 0.3) is 0 Å². The molecule has 1 heterocycles. The molecule has 74 valence electrons. The highest BCUT2D eigenvalue weighted by atomic mass is 16.6. The van der Waals surface area contributed by atoms with E-state index in [2.05, 4.69) is 11.3 Å². The van der Waals surface area contributed by atoms with Crippen LogP contribution in [0.1, 0.15) is 19.8 Å². The molecule has 1 N–H and O–H groups in total. The van der Waals surface area contributed by atoms with Crippen molar-refractivity contribution in [3.63, 3.8) is 0 Å². The predicted octanol–water partition coefficient (Wildman–Crippen LogP) is 0.651. The van der Waals surface area contributed by atoms with Gasteiger partial charge in [-0.25, -0.2) is 0 Å². The van der Waals surface area contributed by atoms with Crippen LogP contribution in [0, 0.1) is 5.92 Å². The van der Waals surface area contributed by atoms with E-state index < -0.39 is 11.9 Å². The van der Waals surface area contributed by atoms with Gasteiger partial charge < -0.3 is 9.84 Å². The molecule has 0 radical (unpaired) electrons. The largest absolute Gasteiger partial charge is 0.397 e. The van der Waals surface area contributed by atoms with E-state index in [1.807, 2.05) is 0 Å². The Morgan fingerprint density at radius 2 is 2.23 bits per heavy atom. The fraction of sp³-hybridized carbons (Fsp3) is 0.556. The average Bonchev–Trinajstić information content (AvgIpc) is 2.33. The first-order valence-electron chi connectivity index (χ1n) is 4.12. The monoisotopic (exact) mass is 186 g/mol. The van der Waals surface area contributed by atoms with Crippen LogP contribution in [0.5, 0.6) is 0 Å². The molecule has 0 spiro atoms. The second-order valence-electron chi connectivity index (χ2n) is 2.53. The summed E-state index contributed by atoms with van der Waals surface area (Å²) in [5, 5.41) is 7.57. The van der Waals surface area contributed by atoms with Gasteiger partial charge in [-0.05, 0) is 13.3 Å². The van der Waals surface area contributed by atoms with Crippen molar-refractivity contribution in [2.45, 2.75) is 19.8 Å². The van der Waals surface area contributed by atoms with E-state index in [4.69, 9.17) is 5.11 Å². The normalized spacial score (nSPS) is 20.3. The van der Waals surface area contributed by atoms with Crippen molar-refractivity contribution in [1.82, 2.24) is 0 Å². The van der Waals surface area contributed by atoms with Crippen LogP contribution in [0.3, 0.4) is 0 Å². The molecule has 1 fully saturated rings. The zero-order chi connectivity index (χ0) is 10.3. The molecule has 1 atom stereocenters. The van der Waals surface area contributed by atoms with Crippen molar-refractivity contribution in [2.24, 2.45) is 5.92 Å². The summed E-state index contributed by atoms with van der Waals surface area (Å²) in [4.78, 5) is 21.1. The van der Waals surface area contributed by atoms with Crippen molar-refractivity contribution in [1.29, 1.82) is 0 Å². The minimum atomic E-state index is -0.420. The molecule has 0 amide bonds. The molecule has 4 heteroatoms. The maximum atomic E-state index is 10.7. The summed E-state index contributed by atoms with van der Waals surface area (Å²) in [5.74, 6) is -1.10. The maximum absolute atomic E-state index is 10.7. The lowest BCUT2D eigenvalue weighted by Gasteiger charge is -1.95. The van der Waals surface area contributed by atoms with Crippen LogP contribution < -0.4 is 0 Å². The molecule has 0 aliphatic carbocycles. The third kappa shape index (κ3) is 4.42. The van der Waals surface area contributed by atoms with Gasteiger partial charge in [0.15, 0.2) is 0 Å². The molecule has 1 saturated heterocycles. The Kier molecular flexibility index (Phi) is 5.80. The standard InChI is InChI=1S/C7H8O3.C2H6O/c1-2-3-5-4-6(8)10-7(5)9;1-2-3/h2,5H,1,3-4H2;3H,2H2,1H3. The lowest BCUT2D eigenvalue weighted by atomic mass is 10.0. The van der Waals surface area contributed by atoms with E-state index in [-0.39, 0.29) is 18.9 Å². The summed E-state index contributed by atoms with van der Waals surface area (Å²) in [6, 6.07) is 0. The number of aliphatic hydroxyl groups is 1. The molecule has 0 saturated carbocycles. The van der Waals surface area contributed by atoms with Crippen molar-refractivity contribution in [2.75, 3.05) is 6.61 Å². The number of carbonyl (C=O) groups excluding carboxylic acids is 2. The molecule has 13 heavy (non-hydrogen) atoms. The first-order valence-corrected chi connectivity index (χ1v) is 4.12. The van der Waals surface area contributed by atoms with Gasteiger partial charge in [0, 0.05) is 6.61 Å². The number of esters is 2. The van der Waals surface area contributed by atoms with Gasteiger partial charge in [0.2, 0.25) is 0 Å². The Hall–Kier alpha value is -1.16. The van der Waals surface area contributed by atoms with Crippen molar-refractivity contribution in [3.8, 4) is 0 Å². The average molecular weight is 186 g/mol. The van der Waals surface area contributed by atoms with E-state index in [1.54, 1.807) is 13.0 Å². The van der Waals surface area contributed by atoms with E-state index in [0.29, 0.717) is 6.42 Å². The lowest BCUT2D eigenvalue weighted by molar-refractivity contribution is -0.153. The quantitative estimate of drug-likeness (QED) is 0.390. The first kappa shape index (κ1) is 11.8. The Morgan fingerprint density at radius 3 is 2.54 bits per heavy atom. The van der Waals surface area contributed by atoms with Crippen LogP contribution in [-0.2, 0) is 14.3 Å². The number of rotatable bonds is 2. The minimum absolute atomic E-state index is 0.213. The van der Waals surface area contributed by atoms with Gasteiger partial charge in [-0.15, -0.1) is 6.58 Å². The zero-order valence-electron chi connectivity index (χ0n) is 7.66. The number of hydrogen-bond acceptors (Lipinski definition) is 4. The van der Waals surface area contributed by atoms with Gasteiger partial charge in [-0.2, -0.15) is 0 Å². The van der Waals surface area contributed by atoms with Crippen molar-refractivity contribution in [3.05, 3.63) is 12.7 Å². The molecule has 1 aliphatic rings. The van der Waals surface area contributed by atoms with Gasteiger partial charge in [0.1, 0.15) is 0 Å². The first-order chi connectivity index (χ1) is 6.15. The summed E-state index contributed by atoms with van der Waals surface area (Å²) in [5.41, 5.74) is 0. The molecule has 1 rings (SSSR count). The molecular formula is C9H14O4. The summed E-state index contributed by atoms with van der Waals surface area (Å²) in [6.07, 6.45) is 2.36. The number of ether oxygens (including phenoxy) is 1. The zero-order valence-corrected chi connectivity index (χ0v) is 7.66. The Bertz CT molecular complexity index is 198. The Labute approximate surface area is 77.2 Å². The van der Waals surface area contributed by atoms with E-state index >= 15 is 0 Å². The summed E-state index contributed by atoms with van der Waals surface area (Å²) < 4.78 is 4.30. The third-order valence-electron chi connectivity index (χ3n) is 1.41. The van der Waals surface area contributed by atoms with Crippen LogP contribution >= 0.6 is 0 Å².